The lowest BCUT2D eigenvalue weighted by atomic mass is 10.1. The predicted molar refractivity (Wildman–Crippen MR) is 109 cm³/mol. The number of aromatic amines is 1. The minimum atomic E-state index is -0.362. The van der Waals surface area contributed by atoms with Crippen molar-refractivity contribution in [2.24, 2.45) is 5.10 Å². The van der Waals surface area contributed by atoms with E-state index in [1.54, 1.807) is 6.07 Å². The quantitative estimate of drug-likeness (QED) is 0.452. The third kappa shape index (κ3) is 4.62. The Morgan fingerprint density at radius 3 is 2.70 bits per heavy atom. The molecule has 0 aliphatic rings. The predicted octanol–water partition coefficient (Wildman–Crippen LogP) is 4.39. The van der Waals surface area contributed by atoms with Gasteiger partial charge in [-0.05, 0) is 49.7 Å². The second-order valence-corrected chi connectivity index (χ2v) is 6.66. The van der Waals surface area contributed by atoms with Gasteiger partial charge in [-0.25, -0.2) is 5.43 Å². The van der Waals surface area contributed by atoms with Gasteiger partial charge in [0.1, 0.15) is 11.4 Å². The van der Waals surface area contributed by atoms with Crippen molar-refractivity contribution in [3.63, 3.8) is 0 Å². The average molecular weight is 427 g/mol. The van der Waals surface area contributed by atoms with E-state index in [2.05, 4.69) is 36.7 Å². The molecule has 0 spiro atoms. The minimum absolute atomic E-state index is 0.323. The summed E-state index contributed by atoms with van der Waals surface area (Å²) in [5.74, 6) is 0.363. The molecule has 0 saturated carbocycles. The summed E-state index contributed by atoms with van der Waals surface area (Å²) >= 11 is 3.39. The highest BCUT2D eigenvalue weighted by Gasteiger charge is 2.13. The number of halogens is 1. The topological polar surface area (TPSA) is 79.4 Å². The van der Waals surface area contributed by atoms with Crippen LogP contribution < -0.4 is 10.2 Å². The Kier molecular flexibility index (Phi) is 6.03. The molecule has 27 heavy (non-hydrogen) atoms. The van der Waals surface area contributed by atoms with E-state index in [4.69, 9.17) is 4.74 Å². The largest absolute Gasteiger partial charge is 0.493 e. The van der Waals surface area contributed by atoms with Gasteiger partial charge in [0.2, 0.25) is 0 Å². The number of nitrogens with one attached hydrogen (secondary N) is 2. The Balaban J connectivity index is 1.74. The van der Waals surface area contributed by atoms with Gasteiger partial charge in [0.25, 0.3) is 5.91 Å². The monoisotopic (exact) mass is 426 g/mol. The Morgan fingerprint density at radius 2 is 1.96 bits per heavy atom. The number of amides is 1. The molecule has 3 aromatic rings. The van der Waals surface area contributed by atoms with Gasteiger partial charge in [-0.2, -0.15) is 10.2 Å². The zero-order valence-electron chi connectivity index (χ0n) is 15.0. The lowest BCUT2D eigenvalue weighted by molar-refractivity contribution is 0.0950. The van der Waals surface area contributed by atoms with Gasteiger partial charge in [0.05, 0.1) is 18.0 Å². The summed E-state index contributed by atoms with van der Waals surface area (Å²) in [6.45, 7) is 4.31. The zero-order chi connectivity index (χ0) is 19.2. The van der Waals surface area contributed by atoms with Gasteiger partial charge in [0, 0.05) is 10.0 Å². The Labute approximate surface area is 165 Å². The molecule has 7 heteroatoms. The molecule has 3 rings (SSSR count). The van der Waals surface area contributed by atoms with Crippen LogP contribution in [0, 0.1) is 0 Å². The van der Waals surface area contributed by atoms with E-state index < -0.39 is 0 Å². The lowest BCUT2D eigenvalue weighted by Gasteiger charge is -2.07. The first-order valence-electron chi connectivity index (χ1n) is 8.46. The van der Waals surface area contributed by atoms with Crippen molar-refractivity contribution < 1.29 is 9.53 Å². The number of hydrogen-bond donors (Lipinski definition) is 2. The number of aromatic nitrogens is 2. The van der Waals surface area contributed by atoms with Crippen LogP contribution in [0.5, 0.6) is 5.75 Å². The van der Waals surface area contributed by atoms with Crippen molar-refractivity contribution in [1.82, 2.24) is 15.6 Å². The van der Waals surface area contributed by atoms with Crippen LogP contribution in [0.1, 0.15) is 29.9 Å². The lowest BCUT2D eigenvalue weighted by Crippen LogP contribution is -2.19. The number of para-hydroxylation sites is 1. The van der Waals surface area contributed by atoms with Gasteiger partial charge in [-0.15, -0.1) is 0 Å². The maximum absolute atomic E-state index is 12.4. The highest BCUT2D eigenvalue weighted by atomic mass is 79.9. The van der Waals surface area contributed by atoms with Crippen molar-refractivity contribution in [2.75, 3.05) is 6.61 Å². The zero-order valence-corrected chi connectivity index (χ0v) is 16.6. The second-order valence-electron chi connectivity index (χ2n) is 5.74. The number of carbonyl (C=O) groups excluding carboxylic acids is 1. The van der Waals surface area contributed by atoms with Gasteiger partial charge in [0.15, 0.2) is 0 Å². The van der Waals surface area contributed by atoms with Crippen molar-refractivity contribution >= 4 is 27.5 Å². The molecule has 0 radical (unpaired) electrons. The van der Waals surface area contributed by atoms with Crippen LogP contribution in [0.3, 0.4) is 0 Å². The fourth-order valence-electron chi connectivity index (χ4n) is 2.49. The van der Waals surface area contributed by atoms with E-state index in [1.165, 1.54) is 0 Å². The number of hydrogen-bond acceptors (Lipinski definition) is 4. The maximum Gasteiger partial charge on any atom is 0.289 e. The van der Waals surface area contributed by atoms with Gasteiger partial charge in [-0.1, -0.05) is 40.2 Å². The molecule has 2 N–H and O–H groups in total. The number of hydrazone groups is 1. The maximum atomic E-state index is 12.4. The van der Waals surface area contributed by atoms with E-state index in [0.29, 0.717) is 23.7 Å². The molecule has 6 nitrogen and oxygen atoms in total. The third-order valence-corrected chi connectivity index (χ3v) is 4.40. The van der Waals surface area contributed by atoms with Gasteiger partial charge >= 0.3 is 0 Å². The highest BCUT2D eigenvalue weighted by Crippen LogP contribution is 2.28. The number of rotatable bonds is 6. The van der Waals surface area contributed by atoms with Crippen LogP contribution in [-0.4, -0.2) is 28.4 Å². The van der Waals surface area contributed by atoms with Crippen LogP contribution in [0.25, 0.3) is 11.3 Å². The first kappa shape index (κ1) is 18.8. The van der Waals surface area contributed by atoms with E-state index in [1.807, 2.05) is 62.4 Å². The Bertz CT molecular complexity index is 964. The standard InChI is InChI=1S/C20H19BrN4O2/c1-3-27-19-7-5-4-6-16(19)17-12-18(24-23-17)20(26)25-22-13(2)14-8-10-15(21)11-9-14/h4-12H,3H2,1-2H3,(H,23,24)(H,25,26). The summed E-state index contributed by atoms with van der Waals surface area (Å²) in [7, 11) is 0. The van der Waals surface area contributed by atoms with E-state index in [0.717, 1.165) is 21.3 Å². The van der Waals surface area contributed by atoms with Crippen molar-refractivity contribution in [3.8, 4) is 17.0 Å². The number of carbonyl (C=O) groups is 1. The van der Waals surface area contributed by atoms with Gasteiger partial charge in [-0.3, -0.25) is 9.89 Å². The number of nitrogens with zero attached hydrogens (tertiary/aromatic N) is 2. The van der Waals surface area contributed by atoms with Crippen molar-refractivity contribution in [3.05, 3.63) is 70.3 Å². The molecular weight excluding hydrogens is 408 g/mol. The van der Waals surface area contributed by atoms with Crippen molar-refractivity contribution in [1.29, 1.82) is 0 Å². The molecule has 0 aliphatic carbocycles. The van der Waals surface area contributed by atoms with E-state index >= 15 is 0 Å². The first-order chi connectivity index (χ1) is 13.1. The fourth-order valence-corrected chi connectivity index (χ4v) is 2.75. The number of benzene rings is 2. The molecule has 0 saturated heterocycles. The van der Waals surface area contributed by atoms with Crippen LogP contribution >= 0.6 is 15.9 Å². The molecule has 0 bridgehead atoms. The molecule has 1 aromatic heterocycles. The fraction of sp³-hybridized carbons (Fsp3) is 0.150. The van der Waals surface area contributed by atoms with Crippen molar-refractivity contribution in [2.45, 2.75) is 13.8 Å². The van der Waals surface area contributed by atoms with Crippen LogP contribution in [0.15, 0.2) is 64.2 Å². The number of H-pyrrole nitrogens is 1. The molecular formula is C20H19BrN4O2. The summed E-state index contributed by atoms with van der Waals surface area (Å²) in [5, 5.41) is 11.1. The van der Waals surface area contributed by atoms with Crippen LogP contribution in [0.4, 0.5) is 0 Å². The smallest absolute Gasteiger partial charge is 0.289 e. The van der Waals surface area contributed by atoms with Crippen LogP contribution in [-0.2, 0) is 0 Å². The molecule has 0 unspecified atom stereocenters. The Morgan fingerprint density at radius 1 is 1.22 bits per heavy atom. The molecule has 138 valence electrons. The first-order valence-corrected chi connectivity index (χ1v) is 9.26. The molecule has 1 amide bonds. The summed E-state index contributed by atoms with van der Waals surface area (Å²) in [5.41, 5.74) is 5.97. The summed E-state index contributed by atoms with van der Waals surface area (Å²) in [6, 6.07) is 16.9. The van der Waals surface area contributed by atoms with Gasteiger partial charge < -0.3 is 4.74 Å². The third-order valence-electron chi connectivity index (χ3n) is 3.87. The minimum Gasteiger partial charge on any atom is -0.493 e. The molecule has 0 aliphatic heterocycles. The SMILES string of the molecule is CCOc1ccccc1-c1cc(C(=O)NN=C(C)c2ccc(Br)cc2)[nH]n1. The molecule has 1 heterocycles. The van der Waals surface area contributed by atoms with E-state index in [9.17, 15) is 4.79 Å². The molecule has 2 aromatic carbocycles. The second kappa shape index (κ2) is 8.64. The normalized spacial score (nSPS) is 11.3. The van der Waals surface area contributed by atoms with E-state index in [-0.39, 0.29) is 5.91 Å². The summed E-state index contributed by atoms with van der Waals surface area (Å²) in [6.07, 6.45) is 0. The Hall–Kier alpha value is -2.93. The van der Waals surface area contributed by atoms with Crippen LogP contribution in [0.2, 0.25) is 0 Å². The average Bonchev–Trinajstić information content (AvgIpc) is 3.17. The molecule has 0 atom stereocenters. The summed E-state index contributed by atoms with van der Waals surface area (Å²) < 4.78 is 6.60. The molecule has 0 fully saturated rings. The number of ether oxygens (including phenoxy) is 1. The summed E-state index contributed by atoms with van der Waals surface area (Å²) in [4.78, 5) is 12.4. The highest BCUT2D eigenvalue weighted by molar-refractivity contribution is 9.10.